The number of piperazine rings is 1. The molecule has 1 saturated heterocycles. The van der Waals surface area contributed by atoms with E-state index in [1.54, 1.807) is 62.0 Å². The van der Waals surface area contributed by atoms with Gasteiger partial charge in [0, 0.05) is 56.1 Å². The summed E-state index contributed by atoms with van der Waals surface area (Å²) in [6.07, 6.45) is 3.35. The van der Waals surface area contributed by atoms with E-state index in [9.17, 15) is 13.2 Å². The zero-order valence-electron chi connectivity index (χ0n) is 20.6. The van der Waals surface area contributed by atoms with Crippen molar-refractivity contribution in [2.24, 2.45) is 0 Å². The van der Waals surface area contributed by atoms with E-state index >= 15 is 0 Å². The Kier molecular flexibility index (Phi) is 7.16. The second kappa shape index (κ2) is 10.7. The van der Waals surface area contributed by atoms with E-state index < -0.39 is 9.84 Å². The molecule has 2 aromatic heterocycles. The van der Waals surface area contributed by atoms with Crippen LogP contribution in [0.3, 0.4) is 0 Å². The Morgan fingerprint density at radius 2 is 1.59 bits per heavy atom. The molecule has 0 unspecified atom stereocenters. The van der Waals surface area contributed by atoms with E-state index in [0.717, 1.165) is 29.9 Å². The number of para-hydroxylation sites is 1. The highest BCUT2D eigenvalue weighted by Crippen LogP contribution is 2.24. The first-order valence-electron chi connectivity index (χ1n) is 12.1. The molecule has 0 spiro atoms. The fourth-order valence-corrected chi connectivity index (χ4v) is 6.14. The normalized spacial score (nSPS) is 14.6. The van der Waals surface area contributed by atoms with Crippen LogP contribution in [0.4, 0.5) is 0 Å². The molecular formula is C28H28N4O4S. The average molecular weight is 517 g/mol. The molecule has 1 fully saturated rings. The number of amides is 1. The van der Waals surface area contributed by atoms with Crippen molar-refractivity contribution in [2.75, 3.05) is 33.3 Å². The highest BCUT2D eigenvalue weighted by atomic mass is 32.2. The molecule has 37 heavy (non-hydrogen) atoms. The predicted octanol–water partition coefficient (Wildman–Crippen LogP) is 3.57. The molecule has 0 saturated carbocycles. The summed E-state index contributed by atoms with van der Waals surface area (Å²) in [4.78, 5) is 26.1. The van der Waals surface area contributed by atoms with Gasteiger partial charge < -0.3 is 9.64 Å². The van der Waals surface area contributed by atoms with Gasteiger partial charge in [-0.25, -0.2) is 8.42 Å². The first-order chi connectivity index (χ1) is 17.9. The predicted molar refractivity (Wildman–Crippen MR) is 141 cm³/mol. The monoisotopic (exact) mass is 516 g/mol. The van der Waals surface area contributed by atoms with Crippen LogP contribution in [0, 0.1) is 0 Å². The maximum Gasteiger partial charge on any atom is 0.253 e. The molecule has 2 aromatic carbocycles. The third-order valence-electron chi connectivity index (χ3n) is 6.59. The Labute approximate surface area is 216 Å². The second-order valence-electron chi connectivity index (χ2n) is 9.01. The van der Waals surface area contributed by atoms with Crippen LogP contribution in [-0.4, -0.2) is 67.4 Å². The molecule has 8 nitrogen and oxygen atoms in total. The van der Waals surface area contributed by atoms with Crippen molar-refractivity contribution < 1.29 is 17.9 Å². The second-order valence-corrected chi connectivity index (χ2v) is 11.0. The smallest absolute Gasteiger partial charge is 0.253 e. The molecule has 0 radical (unpaired) electrons. The number of benzene rings is 2. The van der Waals surface area contributed by atoms with E-state index in [-0.39, 0.29) is 16.6 Å². The molecule has 0 atom stereocenters. The van der Waals surface area contributed by atoms with Crippen LogP contribution in [-0.2, 0) is 22.1 Å². The van der Waals surface area contributed by atoms with Crippen LogP contribution in [0.5, 0.6) is 5.75 Å². The molecule has 5 rings (SSSR count). The molecule has 1 aliphatic heterocycles. The molecule has 1 amide bonds. The summed E-state index contributed by atoms with van der Waals surface area (Å²) in [6.45, 7) is 3.36. The van der Waals surface area contributed by atoms with Gasteiger partial charge in [0.1, 0.15) is 5.75 Å². The summed E-state index contributed by atoms with van der Waals surface area (Å²) in [6, 6.07) is 19.4. The minimum atomic E-state index is -3.61. The fraction of sp³-hybridized carbons (Fsp3) is 0.250. The number of pyridine rings is 2. The summed E-state index contributed by atoms with van der Waals surface area (Å²) in [5.74, 6) is 0.551. The van der Waals surface area contributed by atoms with Crippen molar-refractivity contribution in [2.45, 2.75) is 17.2 Å². The molecular weight excluding hydrogens is 488 g/mol. The standard InChI is InChI=1S/C28H28N4O4S/c1-36-25-7-4-13-29-24(25)19-31-15-17-32(18-16-31)28(33)23-11-9-21(10-12-23)20-37(34,35)26-8-2-5-22-6-3-14-30-27(22)26/h2-14H,15-20H2,1H3. The van der Waals surface area contributed by atoms with Crippen molar-refractivity contribution in [3.63, 3.8) is 0 Å². The Balaban J connectivity index is 1.21. The molecule has 0 aliphatic carbocycles. The minimum Gasteiger partial charge on any atom is -0.495 e. The van der Waals surface area contributed by atoms with Crippen LogP contribution >= 0.6 is 0 Å². The van der Waals surface area contributed by atoms with Gasteiger partial charge in [-0.2, -0.15) is 0 Å². The van der Waals surface area contributed by atoms with Crippen molar-refractivity contribution in [1.82, 2.24) is 19.8 Å². The highest BCUT2D eigenvalue weighted by Gasteiger charge is 2.24. The lowest BCUT2D eigenvalue weighted by molar-refractivity contribution is 0.0626. The molecule has 1 aliphatic rings. The van der Waals surface area contributed by atoms with Gasteiger partial charge in [-0.3, -0.25) is 19.7 Å². The summed E-state index contributed by atoms with van der Waals surface area (Å²) in [5.41, 5.74) is 2.53. The van der Waals surface area contributed by atoms with Gasteiger partial charge in [-0.15, -0.1) is 0 Å². The lowest BCUT2D eigenvalue weighted by Crippen LogP contribution is -2.48. The number of ether oxygens (including phenoxy) is 1. The van der Waals surface area contributed by atoms with Crippen molar-refractivity contribution in [3.8, 4) is 5.75 Å². The number of carbonyl (C=O) groups excluding carboxylic acids is 1. The first kappa shape index (κ1) is 24.9. The fourth-order valence-electron chi connectivity index (χ4n) is 4.60. The van der Waals surface area contributed by atoms with Gasteiger partial charge in [-0.05, 0) is 42.0 Å². The maximum atomic E-state index is 13.2. The summed E-state index contributed by atoms with van der Waals surface area (Å²) in [7, 11) is -1.97. The summed E-state index contributed by atoms with van der Waals surface area (Å²) >= 11 is 0. The summed E-state index contributed by atoms with van der Waals surface area (Å²) < 4.78 is 31.7. The Morgan fingerprint density at radius 3 is 2.35 bits per heavy atom. The largest absolute Gasteiger partial charge is 0.495 e. The number of carbonyl (C=O) groups is 1. The number of hydrogen-bond acceptors (Lipinski definition) is 7. The number of sulfone groups is 1. The van der Waals surface area contributed by atoms with Gasteiger partial charge in [0.05, 0.1) is 29.0 Å². The lowest BCUT2D eigenvalue weighted by Gasteiger charge is -2.34. The maximum absolute atomic E-state index is 13.2. The molecule has 0 bridgehead atoms. The van der Waals surface area contributed by atoms with Crippen molar-refractivity contribution in [1.29, 1.82) is 0 Å². The van der Waals surface area contributed by atoms with Crippen LogP contribution < -0.4 is 4.74 Å². The van der Waals surface area contributed by atoms with E-state index in [0.29, 0.717) is 36.3 Å². The van der Waals surface area contributed by atoms with E-state index in [1.807, 2.05) is 29.2 Å². The van der Waals surface area contributed by atoms with Gasteiger partial charge in [0.25, 0.3) is 5.91 Å². The number of fused-ring (bicyclic) bond motifs is 1. The van der Waals surface area contributed by atoms with Crippen molar-refractivity contribution in [3.05, 3.63) is 95.9 Å². The Morgan fingerprint density at radius 1 is 0.892 bits per heavy atom. The van der Waals surface area contributed by atoms with E-state index in [1.165, 1.54) is 0 Å². The average Bonchev–Trinajstić information content (AvgIpc) is 2.93. The number of hydrogen-bond donors (Lipinski definition) is 0. The SMILES string of the molecule is COc1cccnc1CN1CCN(C(=O)c2ccc(CS(=O)(=O)c3cccc4cccnc34)cc2)CC1. The van der Waals surface area contributed by atoms with Gasteiger partial charge in [0.15, 0.2) is 9.84 Å². The summed E-state index contributed by atoms with van der Waals surface area (Å²) in [5, 5.41) is 0.781. The Hall–Kier alpha value is -3.82. The number of methoxy groups -OCH3 is 1. The minimum absolute atomic E-state index is 0.0530. The third kappa shape index (κ3) is 5.47. The Bertz CT molecular complexity index is 1510. The zero-order chi connectivity index (χ0) is 25.8. The zero-order valence-corrected chi connectivity index (χ0v) is 21.4. The quantitative estimate of drug-likeness (QED) is 0.371. The lowest BCUT2D eigenvalue weighted by atomic mass is 10.1. The van der Waals surface area contributed by atoms with Gasteiger partial charge in [0.2, 0.25) is 0 Å². The molecule has 190 valence electrons. The number of nitrogens with zero attached hydrogens (tertiary/aromatic N) is 4. The van der Waals surface area contributed by atoms with Gasteiger partial charge >= 0.3 is 0 Å². The topological polar surface area (TPSA) is 92.7 Å². The number of aromatic nitrogens is 2. The molecule has 9 heteroatoms. The first-order valence-corrected chi connectivity index (χ1v) is 13.7. The van der Waals surface area contributed by atoms with E-state index in [2.05, 4.69) is 14.9 Å². The molecule has 0 N–H and O–H groups in total. The third-order valence-corrected chi connectivity index (χ3v) is 8.30. The highest BCUT2D eigenvalue weighted by molar-refractivity contribution is 7.90. The van der Waals surface area contributed by atoms with Crippen LogP contribution in [0.2, 0.25) is 0 Å². The van der Waals surface area contributed by atoms with Crippen LogP contribution in [0.15, 0.2) is 84.0 Å². The van der Waals surface area contributed by atoms with Crippen molar-refractivity contribution >= 4 is 26.6 Å². The van der Waals surface area contributed by atoms with E-state index in [4.69, 9.17) is 4.74 Å². The molecule has 4 aromatic rings. The number of rotatable bonds is 7. The van der Waals surface area contributed by atoms with Crippen LogP contribution in [0.25, 0.3) is 10.9 Å². The van der Waals surface area contributed by atoms with Gasteiger partial charge in [-0.1, -0.05) is 30.3 Å². The molecule has 3 heterocycles. The van der Waals surface area contributed by atoms with Crippen LogP contribution in [0.1, 0.15) is 21.6 Å².